The Balaban J connectivity index is 1.65. The Hall–Kier alpha value is -1.73. The molecule has 0 spiro atoms. The second kappa shape index (κ2) is 6.58. The van der Waals surface area contributed by atoms with E-state index in [0.29, 0.717) is 4.47 Å². The molecule has 1 aliphatic rings. The number of halogens is 1. The third-order valence-corrected chi connectivity index (χ3v) is 4.65. The van der Waals surface area contributed by atoms with Crippen LogP contribution in [0.2, 0.25) is 0 Å². The van der Waals surface area contributed by atoms with E-state index in [-0.39, 0.29) is 5.56 Å². The van der Waals surface area contributed by atoms with Crippen molar-refractivity contribution in [2.45, 2.75) is 6.54 Å². The minimum Gasteiger partial charge on any atom is -0.367 e. The highest BCUT2D eigenvalue weighted by atomic mass is 79.9. The highest BCUT2D eigenvalue weighted by molar-refractivity contribution is 9.10. The smallest absolute Gasteiger partial charge is 0.282 e. The molecule has 0 amide bonds. The van der Waals surface area contributed by atoms with Crippen molar-refractivity contribution in [3.63, 3.8) is 0 Å². The molecule has 1 fully saturated rings. The average Bonchev–Trinajstić information content (AvgIpc) is 2.55. The zero-order valence-electron chi connectivity index (χ0n) is 12.4. The van der Waals surface area contributed by atoms with E-state index in [0.717, 1.165) is 38.4 Å². The quantitative estimate of drug-likeness (QED) is 0.821. The number of hydrogen-bond donors (Lipinski definition) is 0. The first-order chi connectivity index (χ1) is 10.6. The Morgan fingerprint density at radius 1 is 1.23 bits per heavy atom. The van der Waals surface area contributed by atoms with Gasteiger partial charge < -0.3 is 4.90 Å². The molecule has 0 radical (unpaired) electrons. The third kappa shape index (κ3) is 3.20. The van der Waals surface area contributed by atoms with E-state index >= 15 is 0 Å². The molecule has 0 aromatic carbocycles. The highest BCUT2D eigenvalue weighted by Gasteiger charge is 2.20. The van der Waals surface area contributed by atoms with E-state index in [4.69, 9.17) is 0 Å². The first-order valence-corrected chi connectivity index (χ1v) is 8.02. The summed E-state index contributed by atoms with van der Waals surface area (Å²) in [6.07, 6.45) is 5.46. The molecule has 7 heteroatoms. The predicted octanol–water partition coefficient (Wildman–Crippen LogP) is 1.26. The van der Waals surface area contributed by atoms with E-state index in [1.807, 2.05) is 12.3 Å². The predicted molar refractivity (Wildman–Crippen MR) is 88.9 cm³/mol. The van der Waals surface area contributed by atoms with Crippen LogP contribution in [0, 0.1) is 0 Å². The molecule has 0 bridgehead atoms. The van der Waals surface area contributed by atoms with Gasteiger partial charge in [0.15, 0.2) is 0 Å². The van der Waals surface area contributed by atoms with Gasteiger partial charge in [0.25, 0.3) is 5.56 Å². The van der Waals surface area contributed by atoms with Gasteiger partial charge in [-0.15, -0.1) is 0 Å². The molecule has 0 unspecified atom stereocenters. The molecule has 0 atom stereocenters. The van der Waals surface area contributed by atoms with E-state index in [9.17, 15) is 4.79 Å². The summed E-state index contributed by atoms with van der Waals surface area (Å²) in [5.41, 5.74) is 2.01. The van der Waals surface area contributed by atoms with Crippen LogP contribution in [0.3, 0.4) is 0 Å². The Labute approximate surface area is 137 Å². The number of rotatable bonds is 3. The fourth-order valence-electron chi connectivity index (χ4n) is 2.62. The zero-order chi connectivity index (χ0) is 15.5. The summed E-state index contributed by atoms with van der Waals surface area (Å²) in [7, 11) is 1.66. The maximum absolute atomic E-state index is 11.9. The SMILES string of the molecule is Cn1ncc(N2CCN(Cc3cccnc3)CC2)c(Br)c1=O. The van der Waals surface area contributed by atoms with Gasteiger partial charge in [-0.3, -0.25) is 14.7 Å². The summed E-state index contributed by atoms with van der Waals surface area (Å²) in [4.78, 5) is 20.7. The van der Waals surface area contributed by atoms with E-state index in [1.54, 1.807) is 19.4 Å². The summed E-state index contributed by atoms with van der Waals surface area (Å²) >= 11 is 3.40. The van der Waals surface area contributed by atoms with Crippen LogP contribution in [0.5, 0.6) is 0 Å². The molecule has 1 saturated heterocycles. The number of aryl methyl sites for hydroxylation is 1. The highest BCUT2D eigenvalue weighted by Crippen LogP contribution is 2.22. The van der Waals surface area contributed by atoms with E-state index in [2.05, 4.69) is 41.9 Å². The van der Waals surface area contributed by atoms with Crippen LogP contribution in [0.4, 0.5) is 5.69 Å². The molecule has 0 N–H and O–H groups in total. The van der Waals surface area contributed by atoms with Crippen molar-refractivity contribution in [2.24, 2.45) is 7.05 Å². The van der Waals surface area contributed by atoms with Gasteiger partial charge in [-0.2, -0.15) is 5.10 Å². The minimum absolute atomic E-state index is 0.102. The van der Waals surface area contributed by atoms with Crippen molar-refractivity contribution < 1.29 is 0 Å². The molecular formula is C15H18BrN5O. The number of anilines is 1. The molecule has 3 heterocycles. The fraction of sp³-hybridized carbons (Fsp3) is 0.400. The normalized spacial score (nSPS) is 16.0. The molecule has 3 rings (SSSR count). The molecule has 22 heavy (non-hydrogen) atoms. The van der Waals surface area contributed by atoms with Gasteiger partial charge in [0, 0.05) is 52.2 Å². The van der Waals surface area contributed by atoms with Gasteiger partial charge in [-0.1, -0.05) is 6.07 Å². The Morgan fingerprint density at radius 2 is 2.00 bits per heavy atom. The number of piperazine rings is 1. The largest absolute Gasteiger partial charge is 0.367 e. The van der Waals surface area contributed by atoms with Crippen LogP contribution in [0.15, 0.2) is 40.0 Å². The van der Waals surface area contributed by atoms with Crippen molar-refractivity contribution in [2.75, 3.05) is 31.1 Å². The number of pyridine rings is 1. The van der Waals surface area contributed by atoms with Crippen molar-refractivity contribution in [1.29, 1.82) is 0 Å². The fourth-order valence-corrected chi connectivity index (χ4v) is 3.23. The van der Waals surface area contributed by atoms with Crippen LogP contribution in [0.1, 0.15) is 5.56 Å². The summed E-state index contributed by atoms with van der Waals surface area (Å²) in [5.74, 6) is 0. The molecule has 0 saturated carbocycles. The van der Waals surface area contributed by atoms with Gasteiger partial charge in [0.2, 0.25) is 0 Å². The lowest BCUT2D eigenvalue weighted by Crippen LogP contribution is -2.46. The second-order valence-corrected chi connectivity index (χ2v) is 6.19. The molecule has 6 nitrogen and oxygen atoms in total. The zero-order valence-corrected chi connectivity index (χ0v) is 14.0. The van der Waals surface area contributed by atoms with Crippen LogP contribution < -0.4 is 10.5 Å². The first-order valence-electron chi connectivity index (χ1n) is 7.23. The number of hydrogen-bond acceptors (Lipinski definition) is 5. The minimum atomic E-state index is -0.102. The van der Waals surface area contributed by atoms with Gasteiger partial charge >= 0.3 is 0 Å². The van der Waals surface area contributed by atoms with E-state index in [1.165, 1.54) is 10.2 Å². The van der Waals surface area contributed by atoms with Crippen molar-refractivity contribution >= 4 is 21.6 Å². The van der Waals surface area contributed by atoms with Crippen LogP contribution in [0.25, 0.3) is 0 Å². The van der Waals surface area contributed by atoms with Crippen molar-refractivity contribution in [3.8, 4) is 0 Å². The lowest BCUT2D eigenvalue weighted by atomic mass is 10.2. The monoisotopic (exact) mass is 363 g/mol. The first kappa shape index (κ1) is 15.2. The van der Waals surface area contributed by atoms with Crippen LogP contribution in [-0.2, 0) is 13.6 Å². The maximum atomic E-state index is 11.9. The van der Waals surface area contributed by atoms with Crippen molar-refractivity contribution in [3.05, 3.63) is 51.1 Å². The summed E-state index contributed by atoms with van der Waals surface area (Å²) < 4.78 is 1.93. The van der Waals surface area contributed by atoms with Gasteiger partial charge in [-0.25, -0.2) is 4.68 Å². The summed E-state index contributed by atoms with van der Waals surface area (Å²) in [6.45, 7) is 4.59. The molecule has 116 valence electrons. The average molecular weight is 364 g/mol. The number of aromatic nitrogens is 3. The second-order valence-electron chi connectivity index (χ2n) is 5.40. The van der Waals surface area contributed by atoms with Crippen molar-refractivity contribution in [1.82, 2.24) is 19.7 Å². The summed E-state index contributed by atoms with van der Waals surface area (Å²) in [5, 5.41) is 4.11. The lowest BCUT2D eigenvalue weighted by Gasteiger charge is -2.36. The molecular weight excluding hydrogens is 346 g/mol. The molecule has 2 aromatic rings. The lowest BCUT2D eigenvalue weighted by molar-refractivity contribution is 0.249. The molecule has 0 aliphatic carbocycles. The molecule has 2 aromatic heterocycles. The topological polar surface area (TPSA) is 54.3 Å². The Morgan fingerprint density at radius 3 is 2.68 bits per heavy atom. The van der Waals surface area contributed by atoms with Gasteiger partial charge in [-0.05, 0) is 27.6 Å². The van der Waals surface area contributed by atoms with Crippen LogP contribution in [-0.4, -0.2) is 45.8 Å². The van der Waals surface area contributed by atoms with E-state index < -0.39 is 0 Å². The Kier molecular flexibility index (Phi) is 4.54. The summed E-state index contributed by atoms with van der Waals surface area (Å²) in [6, 6.07) is 4.06. The number of nitrogens with zero attached hydrogens (tertiary/aromatic N) is 5. The molecule has 1 aliphatic heterocycles. The van der Waals surface area contributed by atoms with Gasteiger partial charge in [0.1, 0.15) is 4.47 Å². The Bertz CT molecular complexity index is 695. The maximum Gasteiger partial charge on any atom is 0.282 e. The standard InChI is InChI=1S/C15H18BrN5O/c1-19-15(22)14(16)13(10-18-19)21-7-5-20(6-8-21)11-12-3-2-4-17-9-12/h2-4,9-10H,5-8,11H2,1H3. The third-order valence-electron chi connectivity index (χ3n) is 3.90. The van der Waals surface area contributed by atoms with Gasteiger partial charge in [0.05, 0.1) is 11.9 Å². The van der Waals surface area contributed by atoms with Crippen LogP contribution >= 0.6 is 15.9 Å².